The van der Waals surface area contributed by atoms with Crippen molar-refractivity contribution in [2.24, 2.45) is 4.99 Å². The third kappa shape index (κ3) is 2.49. The lowest BCUT2D eigenvalue weighted by Crippen LogP contribution is -2.36. The van der Waals surface area contributed by atoms with Crippen LogP contribution in [0.4, 0.5) is 5.69 Å². The van der Waals surface area contributed by atoms with Crippen LogP contribution in [0.3, 0.4) is 0 Å². The SMILES string of the molecule is Clc1ccccc1N1CCCN=C1c1ccccc1. The van der Waals surface area contributed by atoms with Crippen molar-refractivity contribution < 1.29 is 0 Å². The minimum Gasteiger partial charge on any atom is -0.325 e. The molecule has 0 aliphatic carbocycles. The Morgan fingerprint density at radius 3 is 2.47 bits per heavy atom. The molecule has 2 nitrogen and oxygen atoms in total. The zero-order valence-corrected chi connectivity index (χ0v) is 11.3. The van der Waals surface area contributed by atoms with E-state index in [1.165, 1.54) is 0 Å². The number of benzene rings is 2. The van der Waals surface area contributed by atoms with Crippen LogP contribution in [0.1, 0.15) is 12.0 Å². The van der Waals surface area contributed by atoms with Crippen molar-refractivity contribution in [3.63, 3.8) is 0 Å². The summed E-state index contributed by atoms with van der Waals surface area (Å²) in [6, 6.07) is 18.2. The summed E-state index contributed by atoms with van der Waals surface area (Å²) in [7, 11) is 0. The second kappa shape index (κ2) is 5.45. The van der Waals surface area contributed by atoms with Crippen LogP contribution in [-0.4, -0.2) is 18.9 Å². The summed E-state index contributed by atoms with van der Waals surface area (Å²) in [5, 5.41) is 0.771. The Bertz CT molecular complexity index is 593. The standard InChI is InChI=1S/C16H15ClN2/c17-14-9-4-5-10-15(14)19-12-6-11-18-16(19)13-7-2-1-3-8-13/h1-5,7-10H,6,11-12H2. The first-order chi connectivity index (χ1) is 9.36. The molecule has 19 heavy (non-hydrogen) atoms. The summed E-state index contributed by atoms with van der Waals surface area (Å²) in [5.41, 5.74) is 2.17. The van der Waals surface area contributed by atoms with E-state index >= 15 is 0 Å². The molecule has 0 amide bonds. The second-order valence-electron chi connectivity index (χ2n) is 4.53. The zero-order chi connectivity index (χ0) is 13.1. The molecule has 0 saturated carbocycles. The molecule has 0 N–H and O–H groups in total. The Balaban J connectivity index is 2.03. The highest BCUT2D eigenvalue weighted by molar-refractivity contribution is 6.34. The molecule has 0 unspecified atom stereocenters. The number of hydrogen-bond donors (Lipinski definition) is 0. The van der Waals surface area contributed by atoms with Gasteiger partial charge in [0.2, 0.25) is 0 Å². The van der Waals surface area contributed by atoms with Gasteiger partial charge in [0.25, 0.3) is 0 Å². The average Bonchev–Trinajstić information content (AvgIpc) is 2.49. The summed E-state index contributed by atoms with van der Waals surface area (Å²) in [4.78, 5) is 6.89. The highest BCUT2D eigenvalue weighted by Crippen LogP contribution is 2.28. The van der Waals surface area contributed by atoms with Gasteiger partial charge in [-0.2, -0.15) is 0 Å². The van der Waals surface area contributed by atoms with Crippen molar-refractivity contribution in [1.29, 1.82) is 0 Å². The van der Waals surface area contributed by atoms with Crippen molar-refractivity contribution in [2.45, 2.75) is 6.42 Å². The van der Waals surface area contributed by atoms with Crippen LogP contribution in [0, 0.1) is 0 Å². The van der Waals surface area contributed by atoms with E-state index in [4.69, 9.17) is 11.6 Å². The van der Waals surface area contributed by atoms with Gasteiger partial charge in [0.15, 0.2) is 0 Å². The van der Waals surface area contributed by atoms with Gasteiger partial charge < -0.3 is 4.90 Å². The predicted octanol–water partition coefficient (Wildman–Crippen LogP) is 4.00. The number of aliphatic imine (C=N–C) groups is 1. The van der Waals surface area contributed by atoms with Gasteiger partial charge in [-0.3, -0.25) is 4.99 Å². The van der Waals surface area contributed by atoms with E-state index < -0.39 is 0 Å². The van der Waals surface area contributed by atoms with Gasteiger partial charge in [0, 0.05) is 18.7 Å². The molecule has 96 valence electrons. The molecule has 2 aromatic rings. The van der Waals surface area contributed by atoms with Crippen LogP contribution in [0.25, 0.3) is 0 Å². The molecular weight excluding hydrogens is 256 g/mol. The first kappa shape index (κ1) is 12.2. The number of anilines is 1. The molecule has 0 fully saturated rings. The second-order valence-corrected chi connectivity index (χ2v) is 4.94. The van der Waals surface area contributed by atoms with Crippen LogP contribution < -0.4 is 4.90 Å². The van der Waals surface area contributed by atoms with Crippen LogP contribution in [0.15, 0.2) is 59.6 Å². The molecule has 0 radical (unpaired) electrons. The molecule has 1 aliphatic rings. The lowest BCUT2D eigenvalue weighted by Gasteiger charge is -2.30. The summed E-state index contributed by atoms with van der Waals surface area (Å²) in [6.45, 7) is 1.84. The molecule has 2 aromatic carbocycles. The summed E-state index contributed by atoms with van der Waals surface area (Å²) in [6.07, 6.45) is 1.06. The number of hydrogen-bond acceptors (Lipinski definition) is 2. The maximum Gasteiger partial charge on any atom is 0.135 e. The molecule has 0 spiro atoms. The third-order valence-electron chi connectivity index (χ3n) is 3.23. The fraction of sp³-hybridized carbons (Fsp3) is 0.188. The van der Waals surface area contributed by atoms with Crippen molar-refractivity contribution in [3.05, 3.63) is 65.2 Å². The number of halogens is 1. The van der Waals surface area contributed by atoms with Gasteiger partial charge >= 0.3 is 0 Å². The van der Waals surface area contributed by atoms with Crippen molar-refractivity contribution in [1.82, 2.24) is 0 Å². The molecule has 3 heteroatoms. The molecule has 1 aliphatic heterocycles. The van der Waals surface area contributed by atoms with Crippen LogP contribution >= 0.6 is 11.6 Å². The van der Waals surface area contributed by atoms with E-state index in [9.17, 15) is 0 Å². The highest BCUT2D eigenvalue weighted by atomic mass is 35.5. The van der Waals surface area contributed by atoms with Gasteiger partial charge in [-0.1, -0.05) is 54.1 Å². The van der Waals surface area contributed by atoms with Crippen molar-refractivity contribution in [3.8, 4) is 0 Å². The number of rotatable bonds is 2. The van der Waals surface area contributed by atoms with Crippen LogP contribution in [0.2, 0.25) is 5.02 Å². The van der Waals surface area contributed by atoms with Crippen LogP contribution in [0.5, 0.6) is 0 Å². The van der Waals surface area contributed by atoms with Crippen LogP contribution in [-0.2, 0) is 0 Å². The quantitative estimate of drug-likeness (QED) is 0.805. The molecule has 0 atom stereocenters. The lowest BCUT2D eigenvalue weighted by molar-refractivity contribution is 0.791. The molecule has 3 rings (SSSR count). The van der Waals surface area contributed by atoms with E-state index in [0.717, 1.165) is 41.6 Å². The fourth-order valence-corrected chi connectivity index (χ4v) is 2.58. The van der Waals surface area contributed by atoms with Gasteiger partial charge in [-0.15, -0.1) is 0 Å². The van der Waals surface area contributed by atoms with E-state index in [-0.39, 0.29) is 0 Å². The normalized spacial score (nSPS) is 15.2. The number of amidine groups is 1. The molecular formula is C16H15ClN2. The Kier molecular flexibility index (Phi) is 3.51. The highest BCUT2D eigenvalue weighted by Gasteiger charge is 2.20. The van der Waals surface area contributed by atoms with E-state index in [1.807, 2.05) is 42.5 Å². The number of para-hydroxylation sites is 1. The predicted molar refractivity (Wildman–Crippen MR) is 81.3 cm³/mol. The summed E-state index contributed by atoms with van der Waals surface area (Å²) >= 11 is 6.31. The largest absolute Gasteiger partial charge is 0.325 e. The Morgan fingerprint density at radius 1 is 0.947 bits per heavy atom. The lowest BCUT2D eigenvalue weighted by atomic mass is 10.1. The maximum atomic E-state index is 6.31. The van der Waals surface area contributed by atoms with Gasteiger partial charge in [0.05, 0.1) is 10.7 Å². The summed E-state index contributed by atoms with van der Waals surface area (Å²) in [5.74, 6) is 1.01. The maximum absolute atomic E-state index is 6.31. The topological polar surface area (TPSA) is 15.6 Å². The van der Waals surface area contributed by atoms with E-state index in [0.29, 0.717) is 0 Å². The van der Waals surface area contributed by atoms with Crippen molar-refractivity contribution >= 4 is 23.1 Å². The Morgan fingerprint density at radius 2 is 1.68 bits per heavy atom. The molecule has 1 heterocycles. The molecule has 0 bridgehead atoms. The van der Waals surface area contributed by atoms with Gasteiger partial charge in [-0.05, 0) is 18.6 Å². The third-order valence-corrected chi connectivity index (χ3v) is 3.55. The van der Waals surface area contributed by atoms with E-state index in [2.05, 4.69) is 22.0 Å². The Labute approximate surface area is 118 Å². The Hall–Kier alpha value is -1.80. The first-order valence-corrected chi connectivity index (χ1v) is 6.86. The minimum absolute atomic E-state index is 0.771. The summed E-state index contributed by atoms with van der Waals surface area (Å²) < 4.78 is 0. The smallest absolute Gasteiger partial charge is 0.135 e. The fourth-order valence-electron chi connectivity index (χ4n) is 2.34. The minimum atomic E-state index is 0.771. The van der Waals surface area contributed by atoms with Crippen molar-refractivity contribution in [2.75, 3.05) is 18.0 Å². The van der Waals surface area contributed by atoms with Gasteiger partial charge in [0.1, 0.15) is 5.84 Å². The van der Waals surface area contributed by atoms with E-state index in [1.54, 1.807) is 0 Å². The molecule has 0 aromatic heterocycles. The average molecular weight is 271 g/mol. The zero-order valence-electron chi connectivity index (χ0n) is 10.6. The number of nitrogens with zero attached hydrogens (tertiary/aromatic N) is 2. The monoisotopic (exact) mass is 270 g/mol. The first-order valence-electron chi connectivity index (χ1n) is 6.48. The van der Waals surface area contributed by atoms with Gasteiger partial charge in [-0.25, -0.2) is 0 Å². The molecule has 0 saturated heterocycles.